The molecule has 0 aliphatic carbocycles. The summed E-state index contributed by atoms with van der Waals surface area (Å²) < 4.78 is 26.2. The highest BCUT2D eigenvalue weighted by atomic mass is 32.2. The third-order valence-corrected chi connectivity index (χ3v) is 6.71. The van der Waals surface area contributed by atoms with Crippen molar-refractivity contribution in [2.45, 2.75) is 64.3 Å². The zero-order valence-electron chi connectivity index (χ0n) is 17.8. The first-order valence-corrected chi connectivity index (χ1v) is 12.3. The Morgan fingerprint density at radius 1 is 1.17 bits per heavy atom. The number of imide groups is 1. The summed E-state index contributed by atoms with van der Waals surface area (Å²) in [5.74, 6) is -2.30. The highest BCUT2D eigenvalue weighted by Gasteiger charge is 2.30. The van der Waals surface area contributed by atoms with Crippen LogP contribution in [0.1, 0.15) is 58.3 Å². The van der Waals surface area contributed by atoms with Crippen LogP contribution in [0.4, 0.5) is 0 Å². The van der Waals surface area contributed by atoms with Crippen molar-refractivity contribution in [1.29, 1.82) is 0 Å². The van der Waals surface area contributed by atoms with Gasteiger partial charge in [-0.25, -0.2) is 8.42 Å². The van der Waals surface area contributed by atoms with E-state index in [9.17, 15) is 27.9 Å². The molecule has 174 valence electrons. The van der Waals surface area contributed by atoms with Gasteiger partial charge in [0.1, 0.15) is 6.04 Å². The van der Waals surface area contributed by atoms with Gasteiger partial charge in [-0.2, -0.15) is 4.72 Å². The van der Waals surface area contributed by atoms with Crippen LogP contribution in [0.15, 0.2) is 0 Å². The molecule has 5 N–H and O–H groups in total. The molecule has 0 saturated carbocycles. The van der Waals surface area contributed by atoms with Crippen molar-refractivity contribution in [3.05, 3.63) is 0 Å². The lowest BCUT2D eigenvalue weighted by Crippen LogP contribution is -2.53. The van der Waals surface area contributed by atoms with E-state index in [4.69, 9.17) is 5.73 Å². The standard InChI is InChI=1S/C19H36N4O6S/c1-2-3-12-30(28,29)22-16(19(26)27)14-23(18(25)13-20)17(24)7-5-4-6-15-8-10-21-11-9-15/h15-16,21-22H,2-14,20H2,1H3,(H,26,27)/t16-/m0/s1. The number of piperidine rings is 1. The lowest BCUT2D eigenvalue weighted by atomic mass is 9.92. The molecule has 0 radical (unpaired) electrons. The molecule has 2 amide bonds. The second-order valence-electron chi connectivity index (χ2n) is 7.72. The van der Waals surface area contributed by atoms with E-state index in [2.05, 4.69) is 10.0 Å². The number of carboxylic acids is 1. The van der Waals surface area contributed by atoms with Gasteiger partial charge >= 0.3 is 5.97 Å². The summed E-state index contributed by atoms with van der Waals surface area (Å²) in [4.78, 5) is 37.0. The molecule has 1 rings (SSSR count). The van der Waals surface area contributed by atoms with E-state index in [-0.39, 0.29) is 12.2 Å². The van der Waals surface area contributed by atoms with Crippen LogP contribution in [-0.4, -0.2) is 74.2 Å². The van der Waals surface area contributed by atoms with Crippen LogP contribution in [0.25, 0.3) is 0 Å². The summed E-state index contributed by atoms with van der Waals surface area (Å²) in [5, 5.41) is 12.7. The van der Waals surface area contributed by atoms with Crippen LogP contribution in [0.5, 0.6) is 0 Å². The van der Waals surface area contributed by atoms with Gasteiger partial charge in [-0.1, -0.05) is 26.2 Å². The molecule has 1 atom stereocenters. The van der Waals surface area contributed by atoms with Gasteiger partial charge in [0, 0.05) is 6.42 Å². The van der Waals surface area contributed by atoms with Crippen molar-refractivity contribution >= 4 is 27.8 Å². The van der Waals surface area contributed by atoms with Crippen LogP contribution in [0.2, 0.25) is 0 Å². The molecular formula is C19H36N4O6S. The first-order valence-electron chi connectivity index (χ1n) is 10.7. The number of aliphatic carboxylic acids is 1. The van der Waals surface area contributed by atoms with E-state index in [1.807, 2.05) is 6.92 Å². The van der Waals surface area contributed by atoms with Gasteiger partial charge in [0.15, 0.2) is 0 Å². The number of nitrogens with zero attached hydrogens (tertiary/aromatic N) is 1. The van der Waals surface area contributed by atoms with E-state index in [1.165, 1.54) is 0 Å². The molecule has 1 aliphatic rings. The highest BCUT2D eigenvalue weighted by molar-refractivity contribution is 7.89. The van der Waals surface area contributed by atoms with Crippen molar-refractivity contribution in [3.8, 4) is 0 Å². The maximum atomic E-state index is 12.6. The largest absolute Gasteiger partial charge is 0.480 e. The second-order valence-corrected chi connectivity index (χ2v) is 9.60. The lowest BCUT2D eigenvalue weighted by molar-refractivity contribution is -0.146. The quantitative estimate of drug-likeness (QED) is 0.271. The Hall–Kier alpha value is -1.56. The molecular weight excluding hydrogens is 412 g/mol. The summed E-state index contributed by atoms with van der Waals surface area (Å²) in [6, 6.07) is -1.61. The molecule has 0 aromatic heterocycles. The summed E-state index contributed by atoms with van der Waals surface area (Å²) in [5.41, 5.74) is 5.37. The zero-order chi connectivity index (χ0) is 22.6. The minimum atomic E-state index is -3.84. The molecule has 1 saturated heterocycles. The first kappa shape index (κ1) is 26.5. The number of hydrogen-bond acceptors (Lipinski definition) is 7. The number of carboxylic acid groups (broad SMARTS) is 1. The predicted octanol–water partition coefficient (Wildman–Crippen LogP) is 0.0330. The van der Waals surface area contributed by atoms with Gasteiger partial charge in [0.05, 0.1) is 18.8 Å². The van der Waals surface area contributed by atoms with Gasteiger partial charge < -0.3 is 16.2 Å². The maximum Gasteiger partial charge on any atom is 0.323 e. The lowest BCUT2D eigenvalue weighted by Gasteiger charge is -2.25. The number of nitrogens with two attached hydrogens (primary N) is 1. The molecule has 0 spiro atoms. The van der Waals surface area contributed by atoms with Crippen molar-refractivity contribution in [2.24, 2.45) is 11.7 Å². The molecule has 10 nitrogen and oxygen atoms in total. The van der Waals surface area contributed by atoms with Crippen molar-refractivity contribution in [1.82, 2.24) is 14.9 Å². The number of unbranched alkanes of at least 4 members (excludes halogenated alkanes) is 2. The fraction of sp³-hybridized carbons (Fsp3) is 0.842. The van der Waals surface area contributed by atoms with Gasteiger partial charge in [0.25, 0.3) is 0 Å². The number of sulfonamides is 1. The number of rotatable bonds is 14. The molecule has 0 aromatic rings. The minimum Gasteiger partial charge on any atom is -0.480 e. The van der Waals surface area contributed by atoms with Crippen LogP contribution < -0.4 is 15.8 Å². The predicted molar refractivity (Wildman–Crippen MR) is 113 cm³/mol. The Labute approximate surface area is 179 Å². The van der Waals surface area contributed by atoms with Gasteiger partial charge in [-0.15, -0.1) is 0 Å². The Morgan fingerprint density at radius 3 is 2.40 bits per heavy atom. The van der Waals surface area contributed by atoms with Crippen LogP contribution in [0, 0.1) is 5.92 Å². The van der Waals surface area contributed by atoms with E-state index < -0.39 is 46.9 Å². The second kappa shape index (κ2) is 13.7. The highest BCUT2D eigenvalue weighted by Crippen LogP contribution is 2.19. The number of carbonyl (C=O) groups excluding carboxylic acids is 2. The molecule has 0 aromatic carbocycles. The number of carbonyl (C=O) groups is 3. The summed E-state index contributed by atoms with van der Waals surface area (Å²) in [6.45, 7) is 2.79. The van der Waals surface area contributed by atoms with E-state index in [0.29, 0.717) is 25.2 Å². The average molecular weight is 449 g/mol. The smallest absolute Gasteiger partial charge is 0.323 e. The van der Waals surface area contributed by atoms with Gasteiger partial charge in [-0.05, 0) is 44.7 Å². The fourth-order valence-corrected chi connectivity index (χ4v) is 4.82. The van der Waals surface area contributed by atoms with Crippen LogP contribution >= 0.6 is 0 Å². The summed E-state index contributed by atoms with van der Waals surface area (Å²) in [6.07, 6.45) is 5.76. The Bertz CT molecular complexity index is 664. The van der Waals surface area contributed by atoms with E-state index in [0.717, 1.165) is 43.7 Å². The number of amides is 2. The van der Waals surface area contributed by atoms with Gasteiger partial charge in [0.2, 0.25) is 21.8 Å². The van der Waals surface area contributed by atoms with Crippen molar-refractivity contribution in [2.75, 3.05) is 31.9 Å². The molecule has 1 fully saturated rings. The van der Waals surface area contributed by atoms with Gasteiger partial charge in [-0.3, -0.25) is 19.3 Å². The van der Waals surface area contributed by atoms with Crippen molar-refractivity contribution < 1.29 is 27.9 Å². The van der Waals surface area contributed by atoms with Crippen molar-refractivity contribution in [3.63, 3.8) is 0 Å². The molecule has 0 bridgehead atoms. The summed E-state index contributed by atoms with van der Waals surface area (Å²) >= 11 is 0. The minimum absolute atomic E-state index is 0.0889. The molecule has 1 heterocycles. The molecule has 1 aliphatic heterocycles. The zero-order valence-corrected chi connectivity index (χ0v) is 18.6. The third-order valence-electron chi connectivity index (χ3n) is 5.24. The van der Waals surface area contributed by atoms with Crippen LogP contribution in [0.3, 0.4) is 0 Å². The average Bonchev–Trinajstić information content (AvgIpc) is 2.72. The topological polar surface area (TPSA) is 159 Å². The van der Waals surface area contributed by atoms with E-state index in [1.54, 1.807) is 0 Å². The fourth-order valence-electron chi connectivity index (χ4n) is 3.43. The normalized spacial score (nSPS) is 16.2. The van der Waals surface area contributed by atoms with E-state index >= 15 is 0 Å². The first-order chi connectivity index (χ1) is 14.2. The number of nitrogens with one attached hydrogen (secondary N) is 2. The summed E-state index contributed by atoms with van der Waals surface area (Å²) in [7, 11) is -3.84. The third kappa shape index (κ3) is 9.96. The Kier molecular flexibility index (Phi) is 12.1. The maximum absolute atomic E-state index is 12.6. The molecule has 11 heteroatoms. The molecule has 30 heavy (non-hydrogen) atoms. The SMILES string of the molecule is CCCCS(=O)(=O)N[C@@H](CN(C(=O)CN)C(=O)CCCCC1CCNCC1)C(=O)O. The monoisotopic (exact) mass is 448 g/mol. The Morgan fingerprint density at radius 2 is 1.83 bits per heavy atom. The molecule has 0 unspecified atom stereocenters. The number of hydrogen-bond donors (Lipinski definition) is 4. The Balaban J connectivity index is 2.65. The van der Waals surface area contributed by atoms with Crippen LogP contribution in [-0.2, 0) is 24.4 Å².